The summed E-state index contributed by atoms with van der Waals surface area (Å²) in [5.41, 5.74) is 6.65. The van der Waals surface area contributed by atoms with Crippen LogP contribution in [0, 0.1) is 17.2 Å². The van der Waals surface area contributed by atoms with Crippen LogP contribution in [0.2, 0.25) is 0 Å². The normalized spacial score (nSPS) is 11.3. The smallest absolute Gasteiger partial charge is 0.343 e. The van der Waals surface area contributed by atoms with Crippen molar-refractivity contribution in [3.8, 4) is 45.6 Å². The van der Waals surface area contributed by atoms with Gasteiger partial charge in [-0.15, -0.1) is 0 Å². The van der Waals surface area contributed by atoms with Gasteiger partial charge in [-0.05, 0) is 101 Å². The molecule has 5 heteroatoms. The number of nitrogens with zero attached hydrogens (tertiary/aromatic N) is 1. The van der Waals surface area contributed by atoms with E-state index in [1.807, 2.05) is 60.7 Å². The van der Waals surface area contributed by atoms with Crippen LogP contribution in [0.5, 0.6) is 17.2 Å². The molecule has 0 radical (unpaired) electrons. The lowest BCUT2D eigenvalue weighted by atomic mass is 9.97. The zero-order chi connectivity index (χ0) is 30.0. The number of carbonyl (C=O) groups is 1. The number of esters is 1. The largest absolute Gasteiger partial charge is 0.458 e. The topological polar surface area (TPSA) is 68.6 Å². The minimum atomic E-state index is -0.438. The van der Waals surface area contributed by atoms with E-state index in [-0.39, 0.29) is 6.79 Å². The van der Waals surface area contributed by atoms with Gasteiger partial charge in [-0.3, -0.25) is 0 Å². The molecule has 1 unspecified atom stereocenters. The molecule has 5 rings (SSSR count). The summed E-state index contributed by atoms with van der Waals surface area (Å²) in [6.07, 6.45) is 2.26. The number of carbonyl (C=O) groups excluding carboxylic acids is 1. The van der Waals surface area contributed by atoms with Gasteiger partial charge in [-0.25, -0.2) is 4.79 Å². The molecule has 0 amide bonds. The molecule has 5 aromatic carbocycles. The Kier molecular flexibility index (Phi) is 9.51. The molecule has 0 aromatic heterocycles. The standard InChI is InChI=1S/C38H33NO4/c1-3-27(2)24-28-4-8-30(9-5-28)33-14-22-37(23-15-33)43-38(40)34-16-20-36(21-17-34)42-26-41-35-18-12-32(13-19-35)31-10-6-29(25-39)7-11-31/h4-23,27H,3,24,26H2,1-2H3. The summed E-state index contributed by atoms with van der Waals surface area (Å²) in [6, 6.07) is 40.2. The third-order valence-corrected chi connectivity index (χ3v) is 7.38. The van der Waals surface area contributed by atoms with Gasteiger partial charge < -0.3 is 14.2 Å². The fourth-order valence-electron chi connectivity index (χ4n) is 4.59. The van der Waals surface area contributed by atoms with Crippen molar-refractivity contribution in [2.24, 2.45) is 5.92 Å². The van der Waals surface area contributed by atoms with Gasteiger partial charge >= 0.3 is 5.97 Å². The summed E-state index contributed by atoms with van der Waals surface area (Å²) in [7, 11) is 0. The number of rotatable bonds is 11. The van der Waals surface area contributed by atoms with Gasteiger partial charge in [0, 0.05) is 0 Å². The van der Waals surface area contributed by atoms with Crippen molar-refractivity contribution in [1.82, 2.24) is 0 Å². The Morgan fingerprint density at radius 1 is 0.651 bits per heavy atom. The second-order valence-electron chi connectivity index (χ2n) is 10.5. The highest BCUT2D eigenvalue weighted by atomic mass is 16.7. The van der Waals surface area contributed by atoms with Crippen LogP contribution in [-0.2, 0) is 6.42 Å². The number of nitriles is 1. The van der Waals surface area contributed by atoms with Crippen molar-refractivity contribution in [2.45, 2.75) is 26.7 Å². The predicted molar refractivity (Wildman–Crippen MR) is 169 cm³/mol. The first-order valence-electron chi connectivity index (χ1n) is 14.4. The van der Waals surface area contributed by atoms with Gasteiger partial charge in [-0.2, -0.15) is 5.26 Å². The fraction of sp³-hybridized carbons (Fsp3) is 0.158. The van der Waals surface area contributed by atoms with Crippen LogP contribution < -0.4 is 14.2 Å². The van der Waals surface area contributed by atoms with Gasteiger partial charge in [0.25, 0.3) is 0 Å². The molecule has 0 bridgehead atoms. The lowest BCUT2D eigenvalue weighted by molar-refractivity contribution is 0.0734. The van der Waals surface area contributed by atoms with E-state index < -0.39 is 5.97 Å². The molecule has 0 saturated heterocycles. The highest BCUT2D eigenvalue weighted by Gasteiger charge is 2.10. The van der Waals surface area contributed by atoms with Crippen LogP contribution in [0.4, 0.5) is 0 Å². The Balaban J connectivity index is 1.09. The van der Waals surface area contributed by atoms with Gasteiger partial charge in [-0.1, -0.05) is 80.9 Å². The minimum absolute atomic E-state index is 0.0208. The molecule has 0 N–H and O–H groups in total. The van der Waals surface area contributed by atoms with Crippen molar-refractivity contribution in [1.29, 1.82) is 5.26 Å². The number of hydrogen-bond acceptors (Lipinski definition) is 5. The molecule has 0 aliphatic carbocycles. The Hall–Kier alpha value is -5.34. The van der Waals surface area contributed by atoms with Gasteiger partial charge in [0.05, 0.1) is 17.2 Å². The third kappa shape index (κ3) is 7.90. The van der Waals surface area contributed by atoms with Crippen molar-refractivity contribution in [3.05, 3.63) is 138 Å². The van der Waals surface area contributed by atoms with Gasteiger partial charge in [0.1, 0.15) is 17.2 Å². The van der Waals surface area contributed by atoms with Crippen molar-refractivity contribution >= 4 is 5.97 Å². The molecular formula is C38H33NO4. The molecule has 0 fully saturated rings. The van der Waals surface area contributed by atoms with E-state index in [9.17, 15) is 4.79 Å². The average Bonchev–Trinajstić information content (AvgIpc) is 3.06. The summed E-state index contributed by atoms with van der Waals surface area (Å²) in [6.45, 7) is 4.51. The molecule has 0 spiro atoms. The van der Waals surface area contributed by atoms with E-state index in [2.05, 4.69) is 44.2 Å². The van der Waals surface area contributed by atoms with Crippen LogP contribution in [0.15, 0.2) is 121 Å². The summed E-state index contributed by atoms with van der Waals surface area (Å²) < 4.78 is 17.0. The van der Waals surface area contributed by atoms with Crippen LogP contribution >= 0.6 is 0 Å². The summed E-state index contributed by atoms with van der Waals surface area (Å²) >= 11 is 0. The Morgan fingerprint density at radius 3 is 1.58 bits per heavy atom. The Labute approximate surface area is 252 Å². The fourth-order valence-corrected chi connectivity index (χ4v) is 4.59. The Morgan fingerprint density at radius 2 is 1.09 bits per heavy atom. The highest BCUT2D eigenvalue weighted by molar-refractivity contribution is 5.91. The van der Waals surface area contributed by atoms with E-state index in [0.717, 1.165) is 28.7 Å². The van der Waals surface area contributed by atoms with Gasteiger partial charge in [0.15, 0.2) is 0 Å². The minimum Gasteiger partial charge on any atom is -0.458 e. The van der Waals surface area contributed by atoms with Crippen LogP contribution in [-0.4, -0.2) is 12.8 Å². The van der Waals surface area contributed by atoms with Gasteiger partial charge in [0.2, 0.25) is 6.79 Å². The second-order valence-corrected chi connectivity index (χ2v) is 10.5. The first-order valence-corrected chi connectivity index (χ1v) is 14.4. The SMILES string of the molecule is CCC(C)Cc1ccc(-c2ccc(OC(=O)c3ccc(OCOc4ccc(-c5ccc(C#N)cc5)cc4)cc3)cc2)cc1. The number of benzene rings is 5. The average molecular weight is 568 g/mol. The van der Waals surface area contributed by atoms with Crippen molar-refractivity contribution < 1.29 is 19.0 Å². The highest BCUT2D eigenvalue weighted by Crippen LogP contribution is 2.25. The summed E-state index contributed by atoms with van der Waals surface area (Å²) in [5.74, 6) is 1.97. The van der Waals surface area contributed by atoms with E-state index in [4.69, 9.17) is 19.5 Å². The molecular weight excluding hydrogens is 534 g/mol. The molecule has 1 atom stereocenters. The summed E-state index contributed by atoms with van der Waals surface area (Å²) in [4.78, 5) is 12.7. The zero-order valence-electron chi connectivity index (χ0n) is 24.3. The van der Waals surface area contributed by atoms with Crippen LogP contribution in [0.25, 0.3) is 22.3 Å². The maximum absolute atomic E-state index is 12.7. The lowest BCUT2D eigenvalue weighted by Gasteiger charge is -2.10. The first-order chi connectivity index (χ1) is 21.0. The number of ether oxygens (including phenoxy) is 3. The zero-order valence-corrected chi connectivity index (χ0v) is 24.3. The number of hydrogen-bond donors (Lipinski definition) is 0. The maximum atomic E-state index is 12.7. The molecule has 0 aliphatic heterocycles. The van der Waals surface area contributed by atoms with E-state index in [1.165, 1.54) is 12.0 Å². The summed E-state index contributed by atoms with van der Waals surface area (Å²) in [5, 5.41) is 8.96. The molecule has 0 heterocycles. The van der Waals surface area contributed by atoms with E-state index in [1.54, 1.807) is 36.4 Å². The monoisotopic (exact) mass is 567 g/mol. The van der Waals surface area contributed by atoms with Crippen LogP contribution in [0.3, 0.4) is 0 Å². The molecule has 43 heavy (non-hydrogen) atoms. The predicted octanol–water partition coefficient (Wildman–Crippen LogP) is 9.12. The maximum Gasteiger partial charge on any atom is 0.343 e. The van der Waals surface area contributed by atoms with E-state index >= 15 is 0 Å². The van der Waals surface area contributed by atoms with Crippen molar-refractivity contribution in [3.63, 3.8) is 0 Å². The van der Waals surface area contributed by atoms with Crippen molar-refractivity contribution in [2.75, 3.05) is 6.79 Å². The lowest BCUT2D eigenvalue weighted by Crippen LogP contribution is -2.09. The van der Waals surface area contributed by atoms with Crippen LogP contribution in [0.1, 0.15) is 41.8 Å². The quantitative estimate of drug-likeness (QED) is 0.0904. The molecule has 214 valence electrons. The molecule has 5 nitrogen and oxygen atoms in total. The van der Waals surface area contributed by atoms with E-state index in [0.29, 0.717) is 34.3 Å². The third-order valence-electron chi connectivity index (χ3n) is 7.38. The Bertz CT molecular complexity index is 1670. The molecule has 0 saturated carbocycles. The molecule has 5 aromatic rings. The second kappa shape index (κ2) is 14.0. The molecule has 0 aliphatic rings. The first kappa shape index (κ1) is 29.2.